The number of benzene rings is 1. The Hall–Kier alpha value is -3.03. The van der Waals surface area contributed by atoms with Gasteiger partial charge >= 0.3 is 5.97 Å². The minimum atomic E-state index is -4.05. The molecule has 1 heterocycles. The van der Waals surface area contributed by atoms with Crippen LogP contribution in [0.25, 0.3) is 0 Å². The third kappa shape index (κ3) is 9.55. The number of nitrogens with zero attached hydrogens (tertiary/aromatic N) is 1. The second-order valence-electron chi connectivity index (χ2n) is 7.32. The van der Waals surface area contributed by atoms with Gasteiger partial charge in [-0.2, -0.15) is 8.42 Å². The number of phenols is 1. The van der Waals surface area contributed by atoms with Crippen LogP contribution in [0.2, 0.25) is 0 Å². The maximum absolute atomic E-state index is 12.2. The summed E-state index contributed by atoms with van der Waals surface area (Å²) < 4.78 is 56.5. The Morgan fingerprint density at radius 2 is 1.64 bits per heavy atom. The Bertz CT molecular complexity index is 1210. The van der Waals surface area contributed by atoms with Gasteiger partial charge in [-0.05, 0) is 36.6 Å². The number of pyridine rings is 1. The highest BCUT2D eigenvalue weighted by atomic mass is 32.2. The molecular formula is C20H25N2O9S2+. The maximum Gasteiger partial charge on any atom is 0.339 e. The fourth-order valence-electron chi connectivity index (χ4n) is 2.86. The molecule has 0 aliphatic rings. The van der Waals surface area contributed by atoms with Crippen LogP contribution in [0.4, 0.5) is 5.69 Å². The molecule has 0 atom stereocenters. The second-order valence-corrected chi connectivity index (χ2v) is 11.2. The molecule has 11 nitrogen and oxygen atoms in total. The number of carboxylic acid groups (broad SMARTS) is 1. The van der Waals surface area contributed by atoms with E-state index >= 15 is 0 Å². The summed E-state index contributed by atoms with van der Waals surface area (Å²) in [5.74, 6) is -3.01. The number of aryl methyl sites for hydroxylation is 2. The largest absolute Gasteiger partial charge is 0.507 e. The quantitative estimate of drug-likeness (QED) is 0.184. The van der Waals surface area contributed by atoms with Gasteiger partial charge in [0.2, 0.25) is 5.91 Å². The molecule has 0 fully saturated rings. The fourth-order valence-corrected chi connectivity index (χ4v) is 4.63. The van der Waals surface area contributed by atoms with Crippen molar-refractivity contribution >= 4 is 37.5 Å². The number of carbonyl (C=O) groups excluding carboxylic acids is 1. The van der Waals surface area contributed by atoms with Crippen LogP contribution in [-0.4, -0.2) is 60.7 Å². The van der Waals surface area contributed by atoms with E-state index < -0.39 is 43.3 Å². The summed E-state index contributed by atoms with van der Waals surface area (Å²) in [6, 6.07) is 6.86. The summed E-state index contributed by atoms with van der Waals surface area (Å²) in [6.07, 6.45) is 3.37. The van der Waals surface area contributed by atoms with Crippen molar-refractivity contribution in [3.63, 3.8) is 0 Å². The average molecular weight is 502 g/mol. The Kier molecular flexibility index (Phi) is 8.91. The van der Waals surface area contributed by atoms with E-state index in [1.54, 1.807) is 29.1 Å². The van der Waals surface area contributed by atoms with Gasteiger partial charge in [-0.3, -0.25) is 9.35 Å². The fraction of sp³-hybridized carbons (Fsp3) is 0.350. The number of amides is 1. The van der Waals surface area contributed by atoms with E-state index in [9.17, 15) is 31.5 Å². The average Bonchev–Trinajstić information content (AvgIpc) is 2.72. The first kappa shape index (κ1) is 26.2. The van der Waals surface area contributed by atoms with Gasteiger partial charge in [0.25, 0.3) is 10.1 Å². The van der Waals surface area contributed by atoms with Crippen LogP contribution in [-0.2, 0) is 37.7 Å². The summed E-state index contributed by atoms with van der Waals surface area (Å²) in [6.45, 7) is 0.179. The highest BCUT2D eigenvalue weighted by molar-refractivity contribution is 7.91. The molecule has 2 aromatic rings. The molecule has 1 aromatic heterocycles. The van der Waals surface area contributed by atoms with E-state index in [-0.39, 0.29) is 48.6 Å². The van der Waals surface area contributed by atoms with Crippen molar-refractivity contribution in [3.05, 3.63) is 53.9 Å². The van der Waals surface area contributed by atoms with E-state index in [4.69, 9.17) is 9.66 Å². The summed E-state index contributed by atoms with van der Waals surface area (Å²) in [5.41, 5.74) is 0.496. The van der Waals surface area contributed by atoms with Gasteiger partial charge < -0.3 is 15.5 Å². The van der Waals surface area contributed by atoms with Crippen molar-refractivity contribution < 1.29 is 45.8 Å². The van der Waals surface area contributed by atoms with Crippen LogP contribution in [0, 0.1) is 0 Å². The SMILES string of the molecule is O=C(CCCS(=O)(=O)CC[n+]1ccc(CCS(=O)(=O)O)cc1)Nc1ccc(O)c(C(=O)O)c1. The highest BCUT2D eigenvalue weighted by Crippen LogP contribution is 2.21. The Labute approximate surface area is 191 Å². The predicted octanol–water partition coefficient (Wildman–Crippen LogP) is 0.642. The van der Waals surface area contributed by atoms with E-state index in [2.05, 4.69) is 5.32 Å². The number of carbonyl (C=O) groups is 2. The first-order valence-corrected chi connectivity index (χ1v) is 13.3. The lowest BCUT2D eigenvalue weighted by Crippen LogP contribution is -2.37. The van der Waals surface area contributed by atoms with Gasteiger partial charge in [-0.1, -0.05) is 0 Å². The van der Waals surface area contributed by atoms with Crippen molar-refractivity contribution in [1.82, 2.24) is 0 Å². The second kappa shape index (κ2) is 11.2. The number of aromatic carboxylic acids is 1. The first-order valence-electron chi connectivity index (χ1n) is 9.84. The molecule has 33 heavy (non-hydrogen) atoms. The van der Waals surface area contributed by atoms with E-state index in [1.807, 2.05) is 0 Å². The Morgan fingerprint density at radius 1 is 0.970 bits per heavy atom. The van der Waals surface area contributed by atoms with E-state index in [1.165, 1.54) is 6.07 Å². The predicted molar refractivity (Wildman–Crippen MR) is 118 cm³/mol. The molecular weight excluding hydrogens is 476 g/mol. The van der Waals surface area contributed by atoms with Crippen LogP contribution in [0.1, 0.15) is 28.8 Å². The van der Waals surface area contributed by atoms with Crippen LogP contribution in [0.15, 0.2) is 42.7 Å². The topological polar surface area (TPSA) is 179 Å². The minimum Gasteiger partial charge on any atom is -0.507 e. The summed E-state index contributed by atoms with van der Waals surface area (Å²) in [7, 11) is -7.49. The molecule has 0 aliphatic heterocycles. The monoisotopic (exact) mass is 501 g/mol. The van der Waals surface area contributed by atoms with Crippen molar-refractivity contribution in [2.45, 2.75) is 25.8 Å². The van der Waals surface area contributed by atoms with Crippen LogP contribution >= 0.6 is 0 Å². The zero-order chi connectivity index (χ0) is 24.6. The third-order valence-corrected chi connectivity index (χ3v) is 7.07. The van der Waals surface area contributed by atoms with Crippen molar-refractivity contribution in [2.24, 2.45) is 0 Å². The maximum atomic E-state index is 12.2. The molecule has 0 saturated heterocycles. The molecule has 0 bridgehead atoms. The summed E-state index contributed by atoms with van der Waals surface area (Å²) in [5, 5.41) is 20.9. The van der Waals surface area contributed by atoms with Gasteiger partial charge in [0.15, 0.2) is 28.8 Å². The highest BCUT2D eigenvalue weighted by Gasteiger charge is 2.16. The van der Waals surface area contributed by atoms with Crippen LogP contribution in [0.3, 0.4) is 0 Å². The van der Waals surface area contributed by atoms with Gasteiger partial charge in [0.1, 0.15) is 17.1 Å². The number of rotatable bonds is 12. The first-order chi connectivity index (χ1) is 15.3. The smallest absolute Gasteiger partial charge is 0.339 e. The molecule has 0 spiro atoms. The Morgan fingerprint density at radius 3 is 2.24 bits per heavy atom. The summed E-state index contributed by atoms with van der Waals surface area (Å²) >= 11 is 0. The third-order valence-electron chi connectivity index (χ3n) is 4.64. The number of aromatic hydroxyl groups is 1. The lowest BCUT2D eigenvalue weighted by Gasteiger charge is -2.07. The van der Waals surface area contributed by atoms with E-state index in [0.29, 0.717) is 5.56 Å². The number of aromatic nitrogens is 1. The zero-order valence-corrected chi connectivity index (χ0v) is 19.2. The zero-order valence-electron chi connectivity index (χ0n) is 17.5. The van der Waals surface area contributed by atoms with Gasteiger partial charge in [-0.15, -0.1) is 0 Å². The standard InChI is InChI=1S/C20H24N2O9S2/c23-18-4-3-16(14-17(18)20(25)26)21-19(24)2-1-11-32(27,28)13-10-22-8-5-15(6-9-22)7-12-33(29,30)31/h3-6,8-9,14H,1-2,7,10-13H2,(H3-,21,23,24,25,26,29,30,31)/p+1. The Balaban J connectivity index is 1.78. The number of hydrogen-bond acceptors (Lipinski definition) is 7. The lowest BCUT2D eigenvalue weighted by molar-refractivity contribution is -0.692. The number of carboxylic acids is 1. The lowest BCUT2D eigenvalue weighted by atomic mass is 10.1. The molecule has 1 amide bonds. The van der Waals surface area contributed by atoms with Gasteiger partial charge in [-0.25, -0.2) is 17.8 Å². The molecule has 180 valence electrons. The number of sulfone groups is 1. The van der Waals surface area contributed by atoms with Crippen LogP contribution in [0.5, 0.6) is 5.75 Å². The molecule has 0 unspecified atom stereocenters. The van der Waals surface area contributed by atoms with Crippen molar-refractivity contribution in [2.75, 3.05) is 22.6 Å². The van der Waals surface area contributed by atoms with Gasteiger partial charge in [0, 0.05) is 24.2 Å². The van der Waals surface area contributed by atoms with Crippen molar-refractivity contribution in [1.29, 1.82) is 0 Å². The molecule has 0 radical (unpaired) electrons. The molecule has 4 N–H and O–H groups in total. The van der Waals surface area contributed by atoms with E-state index in [0.717, 1.165) is 12.1 Å². The molecule has 2 rings (SSSR count). The molecule has 13 heteroatoms. The molecule has 0 aliphatic carbocycles. The van der Waals surface area contributed by atoms with Crippen molar-refractivity contribution in [3.8, 4) is 5.75 Å². The number of hydrogen-bond donors (Lipinski definition) is 4. The van der Waals surface area contributed by atoms with Gasteiger partial charge in [0.05, 0.1) is 11.5 Å². The summed E-state index contributed by atoms with van der Waals surface area (Å²) in [4.78, 5) is 23.0. The number of nitrogens with one attached hydrogen (secondary N) is 1. The normalized spacial score (nSPS) is 11.8. The molecule has 0 saturated carbocycles. The van der Waals surface area contributed by atoms with Crippen LogP contribution < -0.4 is 9.88 Å². The minimum absolute atomic E-state index is 0.0806. The molecule has 1 aromatic carbocycles. The number of anilines is 1.